The Labute approximate surface area is 393 Å². The highest BCUT2D eigenvalue weighted by atomic mass is 32.1. The predicted molar refractivity (Wildman–Crippen MR) is 282 cm³/mol. The van der Waals surface area contributed by atoms with Crippen LogP contribution in [0.3, 0.4) is 0 Å². The van der Waals surface area contributed by atoms with Crippen molar-refractivity contribution in [3.63, 3.8) is 0 Å². The fraction of sp³-hybridized carbons (Fsp3) is 0.0625. The minimum absolute atomic E-state index is 0.162. The lowest BCUT2D eigenvalue weighted by molar-refractivity contribution is 0.660. The first-order valence-electron chi connectivity index (χ1n) is 23.4. The highest BCUT2D eigenvalue weighted by molar-refractivity contribution is 7.25. The van der Waals surface area contributed by atoms with E-state index in [9.17, 15) is 0 Å². The third kappa shape index (κ3) is 4.79. The molecule has 1 spiro atoms. The molecule has 3 aliphatic rings. The summed E-state index contributed by atoms with van der Waals surface area (Å²) in [7, 11) is 0. The fourth-order valence-electron chi connectivity index (χ4n) is 12.8. The molecule has 314 valence electrons. The van der Waals surface area contributed by atoms with E-state index in [-0.39, 0.29) is 5.41 Å². The zero-order valence-electron chi connectivity index (χ0n) is 37.1. The molecule has 0 saturated heterocycles. The first kappa shape index (κ1) is 37.3. The van der Waals surface area contributed by atoms with Crippen LogP contribution < -0.4 is 4.90 Å². The van der Waals surface area contributed by atoms with Gasteiger partial charge in [0, 0.05) is 59.0 Å². The van der Waals surface area contributed by atoms with Crippen LogP contribution in [0, 0.1) is 0 Å². The van der Waals surface area contributed by atoms with Gasteiger partial charge in [-0.15, -0.1) is 11.3 Å². The van der Waals surface area contributed by atoms with Crippen molar-refractivity contribution in [2.24, 2.45) is 0 Å². The Kier molecular flexibility index (Phi) is 7.41. The zero-order chi connectivity index (χ0) is 44.2. The second-order valence-corrected chi connectivity index (χ2v) is 20.2. The number of hydrogen-bond donors (Lipinski definition) is 0. The molecule has 67 heavy (non-hydrogen) atoms. The lowest BCUT2D eigenvalue weighted by Crippen LogP contribution is -2.26. The average molecular weight is 871 g/mol. The molecule has 0 N–H and O–H groups in total. The third-order valence-electron chi connectivity index (χ3n) is 15.6. The van der Waals surface area contributed by atoms with Crippen molar-refractivity contribution in [1.29, 1.82) is 0 Å². The largest absolute Gasteiger partial charge is 0.310 e. The van der Waals surface area contributed by atoms with Gasteiger partial charge in [0.25, 0.3) is 0 Å². The molecule has 0 amide bonds. The van der Waals surface area contributed by atoms with Gasteiger partial charge in [-0.05, 0) is 134 Å². The van der Waals surface area contributed by atoms with Crippen molar-refractivity contribution in [3.8, 4) is 39.1 Å². The summed E-state index contributed by atoms with van der Waals surface area (Å²) >= 11 is 1.91. The van der Waals surface area contributed by atoms with Crippen molar-refractivity contribution in [2.75, 3.05) is 4.90 Å². The second kappa shape index (κ2) is 13.3. The first-order chi connectivity index (χ1) is 33.0. The van der Waals surface area contributed by atoms with Crippen LogP contribution in [0.15, 0.2) is 218 Å². The van der Waals surface area contributed by atoms with E-state index >= 15 is 0 Å². The summed E-state index contributed by atoms with van der Waals surface area (Å²) in [6.45, 7) is 4.78. The topological polar surface area (TPSA) is 8.17 Å². The molecule has 2 aromatic heterocycles. The number of rotatable bonds is 4. The normalized spacial score (nSPS) is 15.8. The molecule has 3 aliphatic carbocycles. The van der Waals surface area contributed by atoms with Crippen LogP contribution >= 0.6 is 11.3 Å². The molecule has 0 fully saturated rings. The maximum absolute atomic E-state index is 2.57. The highest BCUT2D eigenvalue weighted by Gasteiger charge is 2.53. The molecule has 15 rings (SSSR count). The van der Waals surface area contributed by atoms with Gasteiger partial charge in [-0.3, -0.25) is 0 Å². The Balaban J connectivity index is 1.03. The second-order valence-electron chi connectivity index (χ2n) is 19.2. The molecule has 2 heterocycles. The van der Waals surface area contributed by atoms with Gasteiger partial charge in [0.15, 0.2) is 0 Å². The van der Waals surface area contributed by atoms with Crippen LogP contribution in [0.4, 0.5) is 17.1 Å². The summed E-state index contributed by atoms with van der Waals surface area (Å²) < 4.78 is 5.08. The van der Waals surface area contributed by atoms with Crippen molar-refractivity contribution in [1.82, 2.24) is 4.57 Å². The molecule has 12 aromatic rings. The maximum Gasteiger partial charge on any atom is 0.0726 e. The van der Waals surface area contributed by atoms with Crippen LogP contribution in [0.1, 0.15) is 47.2 Å². The van der Waals surface area contributed by atoms with E-state index in [1.807, 2.05) is 11.3 Å². The van der Waals surface area contributed by atoms with Crippen LogP contribution in [0.5, 0.6) is 0 Å². The Bertz CT molecular complexity index is 4090. The lowest BCUT2D eigenvalue weighted by atomic mass is 9.70. The average Bonchev–Trinajstić information content (AvgIpc) is 4.14. The number of thiophene rings is 1. The predicted octanol–water partition coefficient (Wildman–Crippen LogP) is 17.3. The van der Waals surface area contributed by atoms with Crippen molar-refractivity contribution in [3.05, 3.63) is 252 Å². The smallest absolute Gasteiger partial charge is 0.0726 e. The summed E-state index contributed by atoms with van der Waals surface area (Å²) in [6.07, 6.45) is 0. The number of hydrogen-bond acceptors (Lipinski definition) is 2. The Hall–Kier alpha value is -7.98. The van der Waals surface area contributed by atoms with E-state index in [0.717, 1.165) is 17.1 Å². The molecule has 0 saturated carbocycles. The summed E-state index contributed by atoms with van der Waals surface area (Å²) in [4.78, 5) is 2.57. The van der Waals surface area contributed by atoms with E-state index in [2.05, 4.69) is 242 Å². The molecule has 3 heteroatoms. The van der Waals surface area contributed by atoms with Crippen LogP contribution in [0.25, 0.3) is 81.0 Å². The van der Waals surface area contributed by atoms with Crippen LogP contribution in [-0.4, -0.2) is 4.57 Å². The number of benzene rings is 10. The van der Waals surface area contributed by atoms with Gasteiger partial charge in [0.2, 0.25) is 0 Å². The number of anilines is 3. The number of aromatic nitrogens is 1. The quantitative estimate of drug-likeness (QED) is 0.171. The first-order valence-corrected chi connectivity index (χ1v) is 24.2. The number of nitrogens with zero attached hydrogens (tertiary/aromatic N) is 2. The molecule has 2 nitrogen and oxygen atoms in total. The molecule has 0 radical (unpaired) electrons. The standard InChI is InChI=1S/C64H42N2S/c1-63(2)51-24-11-6-19-42(51)44-33-31-41(36-55(44)63)65(40-32-34-58-49(35-40)45-21-9-14-28-57(45)66(58)39-17-4-3-5-18-39)59-29-16-27-54-62(59)47-23-8-13-26-53(47)64(54)52-25-12-7-20-43(52)48-37-50-46-22-10-15-30-60(46)67-61(50)38-56(48)64/h3-38H,1-2H3. The third-order valence-corrected chi connectivity index (χ3v) is 16.7. The monoisotopic (exact) mass is 870 g/mol. The molecule has 1 unspecified atom stereocenters. The van der Waals surface area contributed by atoms with Crippen LogP contribution in [0.2, 0.25) is 0 Å². The van der Waals surface area contributed by atoms with E-state index < -0.39 is 5.41 Å². The lowest BCUT2D eigenvalue weighted by Gasteiger charge is -2.32. The number of fused-ring (bicyclic) bond motifs is 19. The Morgan fingerprint density at radius 3 is 1.82 bits per heavy atom. The molecular formula is C64H42N2S. The maximum atomic E-state index is 2.57. The number of para-hydroxylation sites is 2. The molecule has 1 atom stereocenters. The summed E-state index contributed by atoms with van der Waals surface area (Å²) in [5.41, 5.74) is 22.3. The van der Waals surface area contributed by atoms with Gasteiger partial charge in [-0.25, -0.2) is 0 Å². The minimum Gasteiger partial charge on any atom is -0.310 e. The Morgan fingerprint density at radius 2 is 0.985 bits per heavy atom. The van der Waals surface area contributed by atoms with Gasteiger partial charge in [-0.2, -0.15) is 0 Å². The van der Waals surface area contributed by atoms with E-state index in [1.54, 1.807) is 0 Å². The molecule has 0 bridgehead atoms. The van der Waals surface area contributed by atoms with Crippen molar-refractivity contribution >= 4 is 70.4 Å². The van der Waals surface area contributed by atoms with Crippen LogP contribution in [-0.2, 0) is 10.8 Å². The van der Waals surface area contributed by atoms with Crippen molar-refractivity contribution in [2.45, 2.75) is 24.7 Å². The molecular weight excluding hydrogens is 829 g/mol. The van der Waals surface area contributed by atoms with E-state index in [1.165, 1.54) is 114 Å². The fourth-order valence-corrected chi connectivity index (χ4v) is 13.9. The summed E-state index contributed by atoms with van der Waals surface area (Å²) in [5.74, 6) is 0. The van der Waals surface area contributed by atoms with Crippen molar-refractivity contribution < 1.29 is 0 Å². The van der Waals surface area contributed by atoms with Gasteiger partial charge in [0.05, 0.1) is 22.1 Å². The van der Waals surface area contributed by atoms with E-state index in [0.29, 0.717) is 0 Å². The zero-order valence-corrected chi connectivity index (χ0v) is 37.9. The Morgan fingerprint density at radius 1 is 0.373 bits per heavy atom. The SMILES string of the molecule is CC1(C)c2ccccc2-c2ccc(N(c3ccc4c(c3)c3ccccc3n4-c3ccccc3)c3cccc4c3-c3ccccc3C43c4ccccc4-c4cc5c(cc43)sc3ccccc35)cc21. The van der Waals surface area contributed by atoms with Gasteiger partial charge in [0.1, 0.15) is 0 Å². The van der Waals surface area contributed by atoms with Gasteiger partial charge in [-0.1, -0.05) is 159 Å². The molecule has 0 aliphatic heterocycles. The minimum atomic E-state index is -0.501. The van der Waals surface area contributed by atoms with Gasteiger partial charge >= 0.3 is 0 Å². The summed E-state index contributed by atoms with van der Waals surface area (Å²) in [5, 5.41) is 5.14. The van der Waals surface area contributed by atoms with E-state index in [4.69, 9.17) is 0 Å². The van der Waals surface area contributed by atoms with Gasteiger partial charge < -0.3 is 9.47 Å². The summed E-state index contributed by atoms with van der Waals surface area (Å²) in [6, 6.07) is 82.5. The highest BCUT2D eigenvalue weighted by Crippen LogP contribution is 2.66. The molecule has 10 aromatic carbocycles.